The van der Waals surface area contributed by atoms with Gasteiger partial charge in [-0.2, -0.15) is 0 Å². The van der Waals surface area contributed by atoms with Gasteiger partial charge in [-0.3, -0.25) is 4.79 Å². The molecule has 106 valence electrons. The van der Waals surface area contributed by atoms with Gasteiger partial charge in [0.1, 0.15) is 5.75 Å². The molecule has 1 rings (SSSR count). The van der Waals surface area contributed by atoms with Crippen molar-refractivity contribution in [2.75, 3.05) is 6.61 Å². The topological polar surface area (TPSA) is 64.3 Å². The first kappa shape index (κ1) is 15.5. The molecule has 0 spiro atoms. The second kappa shape index (κ2) is 7.14. The second-order valence-electron chi connectivity index (χ2n) is 5.25. The molecule has 19 heavy (non-hydrogen) atoms. The highest BCUT2D eigenvalue weighted by molar-refractivity contribution is 5.77. The first-order valence-corrected chi connectivity index (χ1v) is 6.68. The van der Waals surface area contributed by atoms with Crippen LogP contribution in [-0.4, -0.2) is 18.6 Å². The molecule has 1 aromatic rings. The van der Waals surface area contributed by atoms with Crippen LogP contribution in [-0.2, 0) is 4.79 Å². The van der Waals surface area contributed by atoms with Gasteiger partial charge in [0.05, 0.1) is 0 Å². The Labute approximate surface area is 115 Å². The van der Waals surface area contributed by atoms with Crippen LogP contribution in [0, 0.1) is 5.92 Å². The zero-order valence-corrected chi connectivity index (χ0v) is 12.1. The van der Waals surface area contributed by atoms with Crippen LogP contribution in [0.4, 0.5) is 0 Å². The van der Waals surface area contributed by atoms with Gasteiger partial charge in [0, 0.05) is 12.1 Å². The van der Waals surface area contributed by atoms with Crippen LogP contribution in [0.15, 0.2) is 24.3 Å². The van der Waals surface area contributed by atoms with E-state index in [-0.39, 0.29) is 24.6 Å². The van der Waals surface area contributed by atoms with Gasteiger partial charge in [-0.05, 0) is 37.5 Å². The van der Waals surface area contributed by atoms with Gasteiger partial charge >= 0.3 is 0 Å². The number of carbonyl (C=O) groups is 1. The van der Waals surface area contributed by atoms with E-state index in [1.165, 1.54) is 0 Å². The summed E-state index contributed by atoms with van der Waals surface area (Å²) in [6, 6.07) is 7.64. The number of amides is 1. The molecule has 0 heterocycles. The van der Waals surface area contributed by atoms with E-state index in [1.54, 1.807) is 0 Å². The molecule has 0 bridgehead atoms. The summed E-state index contributed by atoms with van der Waals surface area (Å²) >= 11 is 0. The molecule has 0 saturated heterocycles. The highest BCUT2D eigenvalue weighted by Gasteiger charge is 2.11. The number of rotatable bonds is 6. The predicted octanol–water partition coefficient (Wildman–Crippen LogP) is 2.25. The molecule has 0 aliphatic rings. The fourth-order valence-electron chi connectivity index (χ4n) is 1.48. The Morgan fingerprint density at radius 1 is 1.21 bits per heavy atom. The third-order valence-electron chi connectivity index (χ3n) is 3.16. The van der Waals surface area contributed by atoms with Crippen LogP contribution in [0.5, 0.6) is 5.75 Å². The average molecular weight is 264 g/mol. The van der Waals surface area contributed by atoms with Crippen molar-refractivity contribution in [3.63, 3.8) is 0 Å². The molecule has 1 aromatic carbocycles. The first-order valence-electron chi connectivity index (χ1n) is 6.68. The van der Waals surface area contributed by atoms with E-state index in [2.05, 4.69) is 19.2 Å². The third-order valence-corrected chi connectivity index (χ3v) is 3.16. The van der Waals surface area contributed by atoms with Gasteiger partial charge in [-0.15, -0.1) is 0 Å². The molecule has 0 radical (unpaired) electrons. The van der Waals surface area contributed by atoms with Gasteiger partial charge in [0.25, 0.3) is 5.91 Å². The molecule has 4 nitrogen and oxygen atoms in total. The summed E-state index contributed by atoms with van der Waals surface area (Å²) < 4.78 is 5.43. The minimum Gasteiger partial charge on any atom is -0.484 e. The van der Waals surface area contributed by atoms with Crippen molar-refractivity contribution < 1.29 is 9.53 Å². The summed E-state index contributed by atoms with van der Waals surface area (Å²) in [6.45, 7) is 8.09. The van der Waals surface area contributed by atoms with Gasteiger partial charge in [0.2, 0.25) is 0 Å². The van der Waals surface area contributed by atoms with Gasteiger partial charge in [0.15, 0.2) is 6.61 Å². The smallest absolute Gasteiger partial charge is 0.258 e. The molecule has 1 amide bonds. The van der Waals surface area contributed by atoms with Crippen molar-refractivity contribution in [1.82, 2.24) is 5.32 Å². The number of benzene rings is 1. The average Bonchev–Trinajstić information content (AvgIpc) is 2.36. The van der Waals surface area contributed by atoms with Crippen molar-refractivity contribution in [3.8, 4) is 5.75 Å². The second-order valence-corrected chi connectivity index (χ2v) is 5.25. The Kier molecular flexibility index (Phi) is 5.83. The van der Waals surface area contributed by atoms with Crippen LogP contribution in [0.3, 0.4) is 0 Å². The predicted molar refractivity (Wildman–Crippen MR) is 77.0 cm³/mol. The van der Waals surface area contributed by atoms with Crippen molar-refractivity contribution in [2.24, 2.45) is 11.7 Å². The summed E-state index contributed by atoms with van der Waals surface area (Å²) in [6.07, 6.45) is 0. The normalized spacial score (nSPS) is 14.0. The maximum absolute atomic E-state index is 11.7. The summed E-state index contributed by atoms with van der Waals surface area (Å²) in [5.74, 6) is 0.989. The van der Waals surface area contributed by atoms with Crippen molar-refractivity contribution in [3.05, 3.63) is 29.8 Å². The zero-order valence-electron chi connectivity index (χ0n) is 12.1. The molecular formula is C15H24N2O2. The molecular weight excluding hydrogens is 240 g/mol. The third kappa shape index (κ3) is 5.30. The van der Waals surface area contributed by atoms with E-state index in [4.69, 9.17) is 10.5 Å². The number of ether oxygens (including phenoxy) is 1. The number of carbonyl (C=O) groups excluding carboxylic acids is 1. The first-order chi connectivity index (χ1) is 8.90. The largest absolute Gasteiger partial charge is 0.484 e. The number of hydrogen-bond acceptors (Lipinski definition) is 3. The van der Waals surface area contributed by atoms with Crippen LogP contribution in [0.25, 0.3) is 0 Å². The molecule has 3 N–H and O–H groups in total. The van der Waals surface area contributed by atoms with E-state index in [9.17, 15) is 4.79 Å². The van der Waals surface area contributed by atoms with Crippen LogP contribution in [0.1, 0.15) is 39.3 Å². The molecule has 0 aromatic heterocycles. The lowest BCUT2D eigenvalue weighted by Crippen LogP contribution is -2.38. The summed E-state index contributed by atoms with van der Waals surface area (Å²) in [5, 5.41) is 2.90. The zero-order chi connectivity index (χ0) is 14.4. The van der Waals surface area contributed by atoms with E-state index < -0.39 is 0 Å². The standard InChI is InChI=1S/C15H24N2O2/c1-10(2)12(4)17-15(18)9-19-14-7-5-13(6-8-14)11(3)16/h5-8,10-12H,9,16H2,1-4H3,(H,17,18)/t11-,12?/m1/s1. The van der Waals surface area contributed by atoms with Crippen molar-refractivity contribution in [2.45, 2.75) is 39.8 Å². The van der Waals surface area contributed by atoms with E-state index in [0.717, 1.165) is 5.56 Å². The quantitative estimate of drug-likeness (QED) is 0.828. The maximum atomic E-state index is 11.7. The minimum absolute atomic E-state index is 0.00393. The molecule has 0 aliphatic carbocycles. The monoisotopic (exact) mass is 264 g/mol. The molecule has 4 heteroatoms. The van der Waals surface area contributed by atoms with E-state index in [0.29, 0.717) is 11.7 Å². The highest BCUT2D eigenvalue weighted by Crippen LogP contribution is 2.15. The Morgan fingerprint density at radius 3 is 2.26 bits per heavy atom. The number of nitrogens with one attached hydrogen (secondary N) is 1. The van der Waals surface area contributed by atoms with Crippen molar-refractivity contribution >= 4 is 5.91 Å². The Hall–Kier alpha value is -1.55. The Balaban J connectivity index is 2.42. The maximum Gasteiger partial charge on any atom is 0.258 e. The van der Waals surface area contributed by atoms with Crippen LogP contribution < -0.4 is 15.8 Å². The van der Waals surface area contributed by atoms with Gasteiger partial charge < -0.3 is 15.8 Å². The van der Waals surface area contributed by atoms with Crippen LogP contribution in [0.2, 0.25) is 0 Å². The SMILES string of the molecule is CC(C)C(C)NC(=O)COc1ccc([C@@H](C)N)cc1. The lowest BCUT2D eigenvalue weighted by molar-refractivity contribution is -0.124. The molecule has 0 saturated carbocycles. The highest BCUT2D eigenvalue weighted by atomic mass is 16.5. The summed E-state index contributed by atoms with van der Waals surface area (Å²) in [4.78, 5) is 11.7. The molecule has 0 aliphatic heterocycles. The lowest BCUT2D eigenvalue weighted by atomic mass is 10.1. The summed E-state index contributed by atoms with van der Waals surface area (Å²) in [7, 11) is 0. The van der Waals surface area contributed by atoms with E-state index in [1.807, 2.05) is 38.1 Å². The number of nitrogens with two attached hydrogens (primary N) is 1. The number of hydrogen-bond donors (Lipinski definition) is 2. The minimum atomic E-state index is -0.0996. The summed E-state index contributed by atoms with van der Waals surface area (Å²) in [5.41, 5.74) is 6.81. The molecule has 1 unspecified atom stereocenters. The fourth-order valence-corrected chi connectivity index (χ4v) is 1.48. The Bertz CT molecular complexity index is 399. The molecule has 0 fully saturated rings. The Morgan fingerprint density at radius 2 is 1.79 bits per heavy atom. The fraction of sp³-hybridized carbons (Fsp3) is 0.533. The van der Waals surface area contributed by atoms with Gasteiger partial charge in [-0.25, -0.2) is 0 Å². The van der Waals surface area contributed by atoms with Crippen molar-refractivity contribution in [1.29, 1.82) is 0 Å². The van der Waals surface area contributed by atoms with Crippen LogP contribution >= 0.6 is 0 Å². The lowest BCUT2D eigenvalue weighted by Gasteiger charge is -2.17. The van der Waals surface area contributed by atoms with E-state index >= 15 is 0 Å². The van der Waals surface area contributed by atoms with Gasteiger partial charge in [-0.1, -0.05) is 26.0 Å². The molecule has 2 atom stereocenters.